The van der Waals surface area contributed by atoms with E-state index in [-0.39, 0.29) is 12.2 Å². The van der Waals surface area contributed by atoms with Crippen molar-refractivity contribution in [3.63, 3.8) is 0 Å². The number of nitrogens with two attached hydrogens (primary N) is 1. The van der Waals surface area contributed by atoms with E-state index < -0.39 is 17.8 Å². The molecule has 0 unspecified atom stereocenters. The van der Waals surface area contributed by atoms with Crippen LogP contribution in [0.4, 0.5) is 29.5 Å². The lowest BCUT2D eigenvalue weighted by atomic mass is 10.1. The zero-order valence-corrected chi connectivity index (χ0v) is 11.9. The van der Waals surface area contributed by atoms with Crippen molar-refractivity contribution in [3.05, 3.63) is 41.1 Å². The standard InChI is InChI=1S/C14H14F3N5O/c15-14(16,17)9-3-1-2-4-11(9)19-13(23)22-6-5-10-8(7-22)12(18)21-20-10/h1-4H,5-7H2,(H,19,23)(H3,18,20,21). The van der Waals surface area contributed by atoms with Gasteiger partial charge in [-0.1, -0.05) is 12.1 Å². The Morgan fingerprint density at radius 1 is 1.35 bits per heavy atom. The van der Waals surface area contributed by atoms with Gasteiger partial charge in [0.1, 0.15) is 5.82 Å². The molecule has 2 amide bonds. The van der Waals surface area contributed by atoms with E-state index in [9.17, 15) is 18.0 Å². The molecule has 0 spiro atoms. The third-order valence-electron chi connectivity index (χ3n) is 3.73. The second-order valence-corrected chi connectivity index (χ2v) is 5.21. The third kappa shape index (κ3) is 2.94. The minimum Gasteiger partial charge on any atom is -0.382 e. The minimum atomic E-state index is -4.53. The van der Waals surface area contributed by atoms with Crippen molar-refractivity contribution in [2.24, 2.45) is 0 Å². The molecule has 0 fully saturated rings. The maximum Gasteiger partial charge on any atom is 0.418 e. The van der Waals surface area contributed by atoms with Crippen LogP contribution in [0.25, 0.3) is 0 Å². The number of halogens is 3. The summed E-state index contributed by atoms with van der Waals surface area (Å²) in [5, 5.41) is 8.97. The van der Waals surface area contributed by atoms with Crippen molar-refractivity contribution in [1.29, 1.82) is 0 Å². The fraction of sp³-hybridized carbons (Fsp3) is 0.286. The van der Waals surface area contributed by atoms with E-state index in [0.29, 0.717) is 24.3 Å². The number of aromatic nitrogens is 2. The molecule has 0 radical (unpaired) electrons. The van der Waals surface area contributed by atoms with Gasteiger partial charge in [0.2, 0.25) is 0 Å². The molecule has 0 bridgehead atoms. The molecule has 0 atom stereocenters. The predicted octanol–water partition coefficient (Wildman–Crippen LogP) is 2.60. The van der Waals surface area contributed by atoms with E-state index in [1.807, 2.05) is 0 Å². The number of rotatable bonds is 1. The molecule has 1 aromatic heterocycles. The fourth-order valence-corrected chi connectivity index (χ4v) is 2.52. The summed E-state index contributed by atoms with van der Waals surface area (Å²) < 4.78 is 38.9. The van der Waals surface area contributed by atoms with E-state index in [2.05, 4.69) is 15.5 Å². The van der Waals surface area contributed by atoms with Crippen molar-refractivity contribution >= 4 is 17.5 Å². The molecule has 23 heavy (non-hydrogen) atoms. The van der Waals surface area contributed by atoms with Crippen LogP contribution in [0.5, 0.6) is 0 Å². The number of para-hydroxylation sites is 1. The number of alkyl halides is 3. The quantitative estimate of drug-likeness (QED) is 0.753. The van der Waals surface area contributed by atoms with E-state index in [1.54, 1.807) is 0 Å². The first-order valence-corrected chi connectivity index (χ1v) is 6.90. The molecule has 0 saturated carbocycles. The Bertz CT molecular complexity index is 740. The largest absolute Gasteiger partial charge is 0.418 e. The summed E-state index contributed by atoms with van der Waals surface area (Å²) in [6, 6.07) is 4.26. The molecule has 6 nitrogen and oxygen atoms in total. The van der Waals surface area contributed by atoms with Crippen LogP contribution in [0.1, 0.15) is 16.8 Å². The highest BCUT2D eigenvalue weighted by atomic mass is 19.4. The normalized spacial score (nSPS) is 14.5. The van der Waals surface area contributed by atoms with Crippen LogP contribution in [-0.2, 0) is 19.1 Å². The van der Waals surface area contributed by atoms with Crippen LogP contribution in [0.15, 0.2) is 24.3 Å². The summed E-state index contributed by atoms with van der Waals surface area (Å²) in [6.45, 7) is 0.576. The number of carbonyl (C=O) groups excluding carboxylic acids is 1. The number of hydrogen-bond acceptors (Lipinski definition) is 3. The first-order chi connectivity index (χ1) is 10.9. The van der Waals surface area contributed by atoms with Gasteiger partial charge in [0.25, 0.3) is 0 Å². The first-order valence-electron chi connectivity index (χ1n) is 6.90. The lowest BCUT2D eigenvalue weighted by molar-refractivity contribution is -0.136. The number of nitrogens with zero attached hydrogens (tertiary/aromatic N) is 2. The van der Waals surface area contributed by atoms with E-state index in [1.165, 1.54) is 23.1 Å². The maximum atomic E-state index is 13.0. The highest BCUT2D eigenvalue weighted by molar-refractivity contribution is 5.90. The van der Waals surface area contributed by atoms with Gasteiger partial charge in [0, 0.05) is 24.2 Å². The lowest BCUT2D eigenvalue weighted by Gasteiger charge is -2.27. The summed E-state index contributed by atoms with van der Waals surface area (Å²) in [5.41, 5.74) is 6.11. The number of hydrogen-bond donors (Lipinski definition) is 3. The van der Waals surface area contributed by atoms with Crippen LogP contribution in [-0.4, -0.2) is 27.7 Å². The van der Waals surface area contributed by atoms with Crippen molar-refractivity contribution in [2.45, 2.75) is 19.1 Å². The maximum absolute atomic E-state index is 13.0. The average molecular weight is 325 g/mol. The van der Waals surface area contributed by atoms with E-state index >= 15 is 0 Å². The van der Waals surface area contributed by atoms with Crippen molar-refractivity contribution in [2.75, 3.05) is 17.6 Å². The molecule has 9 heteroatoms. The van der Waals surface area contributed by atoms with Gasteiger partial charge in [-0.15, -0.1) is 0 Å². The number of urea groups is 1. The Kier molecular flexibility index (Phi) is 3.63. The monoisotopic (exact) mass is 325 g/mol. The second-order valence-electron chi connectivity index (χ2n) is 5.21. The van der Waals surface area contributed by atoms with Crippen LogP contribution >= 0.6 is 0 Å². The van der Waals surface area contributed by atoms with Crippen molar-refractivity contribution in [1.82, 2.24) is 15.1 Å². The first kappa shape index (κ1) is 15.2. The Labute approximate surface area is 129 Å². The van der Waals surface area contributed by atoms with Gasteiger partial charge in [0.05, 0.1) is 17.8 Å². The van der Waals surface area contributed by atoms with Gasteiger partial charge in [-0.25, -0.2) is 4.79 Å². The second kappa shape index (κ2) is 5.49. The Morgan fingerprint density at radius 2 is 2.09 bits per heavy atom. The topological polar surface area (TPSA) is 87.0 Å². The van der Waals surface area contributed by atoms with Crippen LogP contribution < -0.4 is 11.1 Å². The summed E-state index contributed by atoms with van der Waals surface area (Å²) in [4.78, 5) is 13.7. The number of H-pyrrole nitrogens is 1. The fourth-order valence-electron chi connectivity index (χ4n) is 2.52. The number of anilines is 2. The smallest absolute Gasteiger partial charge is 0.382 e. The number of carbonyl (C=O) groups is 1. The number of nitrogens with one attached hydrogen (secondary N) is 2. The summed E-state index contributed by atoms with van der Waals surface area (Å²) in [7, 11) is 0. The number of benzene rings is 1. The van der Waals surface area contributed by atoms with Crippen LogP contribution in [0.2, 0.25) is 0 Å². The molecule has 1 aromatic carbocycles. The Morgan fingerprint density at radius 3 is 2.83 bits per heavy atom. The highest BCUT2D eigenvalue weighted by Gasteiger charge is 2.34. The van der Waals surface area contributed by atoms with Crippen LogP contribution in [0.3, 0.4) is 0 Å². The molecular weight excluding hydrogens is 311 g/mol. The third-order valence-corrected chi connectivity index (χ3v) is 3.73. The summed E-state index contributed by atoms with van der Waals surface area (Å²) >= 11 is 0. The van der Waals surface area contributed by atoms with Gasteiger partial charge in [-0.3, -0.25) is 5.10 Å². The summed E-state index contributed by atoms with van der Waals surface area (Å²) in [6.07, 6.45) is -4.01. The number of aromatic amines is 1. The SMILES string of the molecule is Nc1n[nH]c2c1CN(C(=O)Nc1ccccc1C(F)(F)F)CC2. The summed E-state index contributed by atoms with van der Waals surface area (Å²) in [5.74, 6) is 0.299. The van der Waals surface area contributed by atoms with E-state index in [0.717, 1.165) is 11.8 Å². The average Bonchev–Trinajstić information content (AvgIpc) is 2.87. The number of nitrogen functional groups attached to an aromatic ring is 1. The lowest BCUT2D eigenvalue weighted by Crippen LogP contribution is -2.39. The van der Waals surface area contributed by atoms with E-state index in [4.69, 9.17) is 5.73 Å². The Hall–Kier alpha value is -2.71. The zero-order chi connectivity index (χ0) is 16.6. The van der Waals surface area contributed by atoms with Gasteiger partial charge in [0.15, 0.2) is 0 Å². The minimum absolute atomic E-state index is 0.206. The molecule has 4 N–H and O–H groups in total. The van der Waals surface area contributed by atoms with Gasteiger partial charge in [-0.2, -0.15) is 18.3 Å². The van der Waals surface area contributed by atoms with Crippen molar-refractivity contribution in [3.8, 4) is 0 Å². The predicted molar refractivity (Wildman–Crippen MR) is 77.6 cm³/mol. The molecule has 1 aliphatic heterocycles. The molecular formula is C14H14F3N5O. The highest BCUT2D eigenvalue weighted by Crippen LogP contribution is 2.34. The molecule has 0 aliphatic carbocycles. The Balaban J connectivity index is 1.78. The van der Waals surface area contributed by atoms with Crippen LogP contribution in [0, 0.1) is 0 Å². The molecule has 122 valence electrons. The zero-order valence-electron chi connectivity index (χ0n) is 11.9. The molecule has 2 aromatic rings. The molecule has 0 saturated heterocycles. The molecule has 1 aliphatic rings. The van der Waals surface area contributed by atoms with Gasteiger partial charge in [-0.05, 0) is 12.1 Å². The molecule has 3 rings (SSSR count). The van der Waals surface area contributed by atoms with Crippen molar-refractivity contribution < 1.29 is 18.0 Å². The number of amides is 2. The molecule has 2 heterocycles. The van der Waals surface area contributed by atoms with Gasteiger partial charge < -0.3 is 16.0 Å². The van der Waals surface area contributed by atoms with Gasteiger partial charge >= 0.3 is 12.2 Å². The number of fused-ring (bicyclic) bond motifs is 1.